The number of terminal acetylenes is 4. The molecule has 288 valence electrons. The van der Waals surface area contributed by atoms with Crippen LogP contribution < -0.4 is 18.9 Å². The van der Waals surface area contributed by atoms with Gasteiger partial charge in [0, 0.05) is 22.3 Å². The molecule has 0 N–H and O–H groups in total. The van der Waals surface area contributed by atoms with Crippen LogP contribution >= 0.6 is 0 Å². The van der Waals surface area contributed by atoms with Gasteiger partial charge in [0.25, 0.3) is 0 Å². The van der Waals surface area contributed by atoms with Gasteiger partial charge in [0.2, 0.25) is 0 Å². The van der Waals surface area contributed by atoms with Crippen molar-refractivity contribution >= 4 is 0 Å². The van der Waals surface area contributed by atoms with Crippen molar-refractivity contribution in [3.8, 4) is 95.4 Å². The highest BCUT2D eigenvalue weighted by molar-refractivity contribution is 5.62. The van der Waals surface area contributed by atoms with Gasteiger partial charge >= 0.3 is 0 Å². The number of hydrogen-bond acceptors (Lipinski definition) is 4. The lowest BCUT2D eigenvalue weighted by Gasteiger charge is -2.37. The summed E-state index contributed by atoms with van der Waals surface area (Å²) >= 11 is 0. The van der Waals surface area contributed by atoms with Crippen LogP contribution in [0.1, 0.15) is 44.5 Å². The van der Waals surface area contributed by atoms with Crippen molar-refractivity contribution in [3.63, 3.8) is 0 Å². The van der Waals surface area contributed by atoms with Crippen molar-refractivity contribution in [3.05, 3.63) is 239 Å². The zero-order valence-electron chi connectivity index (χ0n) is 32.9. The van der Waals surface area contributed by atoms with Crippen LogP contribution in [-0.2, 0) is 5.41 Å². The molecule has 0 saturated carbocycles. The van der Waals surface area contributed by atoms with Gasteiger partial charge in [-0.3, -0.25) is 0 Å². The summed E-state index contributed by atoms with van der Waals surface area (Å²) in [7, 11) is 0. The minimum absolute atomic E-state index is 0.671. The van der Waals surface area contributed by atoms with Crippen LogP contribution in [-0.4, -0.2) is 0 Å². The minimum Gasteiger partial charge on any atom is -0.457 e. The first-order valence-electron chi connectivity index (χ1n) is 19.4. The second kappa shape index (κ2) is 17.8. The largest absolute Gasteiger partial charge is 0.457 e. The van der Waals surface area contributed by atoms with E-state index in [0.717, 1.165) is 44.5 Å². The molecule has 0 aromatic heterocycles. The highest BCUT2D eigenvalue weighted by Gasteiger charge is 2.39. The van der Waals surface area contributed by atoms with E-state index in [-0.39, 0.29) is 0 Å². The SMILES string of the molecule is C#Cc1ccc(Oc2ccc(C(c3ccc(Oc4ccc(C#C)cc4)cc3)(c3ccc(Oc4ccc(C#C)cc4)cc3)c3ccc(Oc4ccc(C#C)cc4)cc3)cc2)cc1. The van der Waals surface area contributed by atoms with Crippen molar-refractivity contribution in [1.29, 1.82) is 0 Å². The van der Waals surface area contributed by atoms with Crippen LogP contribution in [0.4, 0.5) is 0 Å². The Morgan fingerprint density at radius 2 is 0.377 bits per heavy atom. The summed E-state index contributed by atoms with van der Waals surface area (Å²) in [6.45, 7) is 0. The van der Waals surface area contributed by atoms with Crippen LogP contribution in [0.15, 0.2) is 194 Å². The van der Waals surface area contributed by atoms with Crippen LogP contribution in [0.3, 0.4) is 0 Å². The summed E-state index contributed by atoms with van der Waals surface area (Å²) in [5.41, 5.74) is 6.20. The molecule has 0 aliphatic carbocycles. The lowest BCUT2D eigenvalue weighted by Crippen LogP contribution is -2.31. The lowest BCUT2D eigenvalue weighted by atomic mass is 9.65. The monoisotopic (exact) mass is 784 g/mol. The van der Waals surface area contributed by atoms with Crippen molar-refractivity contribution in [2.45, 2.75) is 5.41 Å². The van der Waals surface area contributed by atoms with E-state index in [2.05, 4.69) is 72.2 Å². The van der Waals surface area contributed by atoms with Gasteiger partial charge in [-0.05, 0) is 168 Å². The maximum Gasteiger partial charge on any atom is 0.127 e. The zero-order chi connectivity index (χ0) is 42.0. The first kappa shape index (κ1) is 39.0. The Morgan fingerprint density at radius 3 is 0.525 bits per heavy atom. The number of benzene rings is 8. The van der Waals surface area contributed by atoms with Crippen LogP contribution in [0, 0.1) is 49.4 Å². The zero-order valence-corrected chi connectivity index (χ0v) is 32.9. The molecule has 0 saturated heterocycles. The Bertz CT molecular complexity index is 2500. The molecule has 0 unspecified atom stereocenters. The van der Waals surface area contributed by atoms with Crippen molar-refractivity contribution in [2.24, 2.45) is 0 Å². The average Bonchev–Trinajstić information content (AvgIpc) is 3.32. The summed E-state index contributed by atoms with van der Waals surface area (Å²) in [5.74, 6) is 16.0. The Balaban J connectivity index is 1.23. The molecule has 0 amide bonds. The topological polar surface area (TPSA) is 36.9 Å². The molecule has 8 aromatic carbocycles. The van der Waals surface area contributed by atoms with Gasteiger partial charge in [-0.25, -0.2) is 0 Å². The fourth-order valence-corrected chi connectivity index (χ4v) is 7.11. The van der Waals surface area contributed by atoms with Gasteiger partial charge in [0.05, 0.1) is 5.41 Å². The van der Waals surface area contributed by atoms with E-state index in [9.17, 15) is 0 Å². The summed E-state index contributed by atoms with van der Waals surface area (Å²) in [5, 5.41) is 0. The highest BCUT2D eigenvalue weighted by atomic mass is 16.5. The second-order valence-corrected chi connectivity index (χ2v) is 13.9. The molecule has 0 heterocycles. The van der Waals surface area contributed by atoms with E-state index in [1.165, 1.54) is 0 Å². The normalized spacial score (nSPS) is 10.6. The smallest absolute Gasteiger partial charge is 0.127 e. The summed E-state index contributed by atoms with van der Waals surface area (Å²) in [4.78, 5) is 0. The molecular formula is C57H36O4. The van der Waals surface area contributed by atoms with E-state index in [0.29, 0.717) is 46.0 Å². The van der Waals surface area contributed by atoms with Crippen molar-refractivity contribution < 1.29 is 18.9 Å². The lowest BCUT2D eigenvalue weighted by molar-refractivity contribution is 0.481. The molecule has 4 nitrogen and oxygen atoms in total. The minimum atomic E-state index is -0.861. The third kappa shape index (κ3) is 8.72. The third-order valence-electron chi connectivity index (χ3n) is 10.2. The van der Waals surface area contributed by atoms with Crippen molar-refractivity contribution in [1.82, 2.24) is 0 Å². The van der Waals surface area contributed by atoms with E-state index in [1.807, 2.05) is 146 Å². The van der Waals surface area contributed by atoms with Gasteiger partial charge in [-0.1, -0.05) is 72.2 Å². The Hall–Kier alpha value is -8.80. The van der Waals surface area contributed by atoms with E-state index in [4.69, 9.17) is 44.6 Å². The molecule has 4 heteroatoms. The first-order chi connectivity index (χ1) is 29.9. The van der Waals surface area contributed by atoms with E-state index >= 15 is 0 Å². The molecule has 0 spiro atoms. The van der Waals surface area contributed by atoms with Gasteiger partial charge < -0.3 is 18.9 Å². The van der Waals surface area contributed by atoms with E-state index in [1.54, 1.807) is 0 Å². The van der Waals surface area contributed by atoms with E-state index < -0.39 is 5.41 Å². The van der Waals surface area contributed by atoms with Gasteiger partial charge in [-0.15, -0.1) is 25.7 Å². The molecule has 8 rings (SSSR count). The molecular weight excluding hydrogens is 749 g/mol. The molecule has 0 aliphatic heterocycles. The Labute approximate surface area is 357 Å². The number of rotatable bonds is 12. The van der Waals surface area contributed by atoms with Crippen LogP contribution in [0.5, 0.6) is 46.0 Å². The standard InChI is InChI=1S/C57H36O4/c1-5-41-9-25-49(26-10-41)58-53-33-17-45(18-34-53)57(46-19-35-54(36-20-46)59-50-27-11-42(6-2)12-28-50,47-21-37-55(38-22-47)60-51-29-13-43(7-3)14-30-51)48-23-39-56(40-24-48)61-52-31-15-44(8-4)16-32-52/h1-4,9-40H. The Kier molecular flexibility index (Phi) is 11.4. The molecule has 0 atom stereocenters. The fourth-order valence-electron chi connectivity index (χ4n) is 7.11. The summed E-state index contributed by atoms with van der Waals surface area (Å²) < 4.78 is 25.1. The summed E-state index contributed by atoms with van der Waals surface area (Å²) in [6, 6.07) is 62.3. The van der Waals surface area contributed by atoms with Crippen molar-refractivity contribution in [2.75, 3.05) is 0 Å². The predicted octanol–water partition coefficient (Wildman–Crippen LogP) is 13.2. The predicted molar refractivity (Wildman–Crippen MR) is 243 cm³/mol. The number of hydrogen-bond donors (Lipinski definition) is 0. The average molecular weight is 785 g/mol. The number of ether oxygens (including phenoxy) is 4. The molecule has 0 aliphatic rings. The van der Waals surface area contributed by atoms with Crippen LogP contribution in [0.25, 0.3) is 0 Å². The van der Waals surface area contributed by atoms with Gasteiger partial charge in [-0.2, -0.15) is 0 Å². The maximum atomic E-state index is 6.27. The first-order valence-corrected chi connectivity index (χ1v) is 19.4. The maximum absolute atomic E-state index is 6.27. The summed E-state index contributed by atoms with van der Waals surface area (Å²) in [6.07, 6.45) is 22.3. The fraction of sp³-hybridized carbons (Fsp3) is 0.0175. The molecule has 0 fully saturated rings. The quantitative estimate of drug-likeness (QED) is 0.0913. The highest BCUT2D eigenvalue weighted by Crippen LogP contribution is 2.47. The van der Waals surface area contributed by atoms with Crippen LogP contribution in [0.2, 0.25) is 0 Å². The molecule has 0 radical (unpaired) electrons. The third-order valence-corrected chi connectivity index (χ3v) is 10.2. The molecule has 0 bridgehead atoms. The molecule has 8 aromatic rings. The van der Waals surface area contributed by atoms with Gasteiger partial charge in [0.1, 0.15) is 46.0 Å². The van der Waals surface area contributed by atoms with Gasteiger partial charge in [0.15, 0.2) is 0 Å². The molecule has 61 heavy (non-hydrogen) atoms. The second-order valence-electron chi connectivity index (χ2n) is 13.9. The Morgan fingerprint density at radius 1 is 0.230 bits per heavy atom.